The second-order valence-electron chi connectivity index (χ2n) is 5.66. The van der Waals surface area contributed by atoms with Crippen molar-refractivity contribution in [3.63, 3.8) is 0 Å². The van der Waals surface area contributed by atoms with Gasteiger partial charge >= 0.3 is 0 Å². The quantitative estimate of drug-likeness (QED) is 0.908. The van der Waals surface area contributed by atoms with Crippen molar-refractivity contribution in [2.75, 3.05) is 39.5 Å². The summed E-state index contributed by atoms with van der Waals surface area (Å²) >= 11 is 0. The number of rotatable bonds is 2. The number of likely N-dealkylation sites (N-methyl/N-ethyl adjacent to an activating group) is 2. The van der Waals surface area contributed by atoms with Gasteiger partial charge in [0.05, 0.1) is 11.7 Å². The summed E-state index contributed by atoms with van der Waals surface area (Å²) in [5.41, 5.74) is 7.96. The van der Waals surface area contributed by atoms with Crippen LogP contribution >= 0.6 is 0 Å². The van der Waals surface area contributed by atoms with Crippen LogP contribution in [-0.2, 0) is 0 Å². The fourth-order valence-electron chi connectivity index (χ4n) is 2.68. The molecule has 0 aliphatic carbocycles. The Morgan fingerprint density at radius 2 is 1.86 bits per heavy atom. The summed E-state index contributed by atoms with van der Waals surface area (Å²) in [5.74, 6) is 1.34. The molecule has 2 heterocycles. The predicted octanol–water partition coefficient (Wildman–Crippen LogP) is 1.64. The number of benzene rings is 1. The Kier molecular flexibility index (Phi) is 3.86. The monoisotopic (exact) mass is 283 g/mol. The van der Waals surface area contributed by atoms with Crippen LogP contribution in [0.3, 0.4) is 0 Å². The minimum Gasteiger partial charge on any atom is -0.384 e. The molecular weight excluding hydrogens is 262 g/mol. The minimum absolute atomic E-state index is 0.190. The highest BCUT2D eigenvalue weighted by Gasteiger charge is 2.26. The van der Waals surface area contributed by atoms with E-state index in [1.54, 1.807) is 0 Å². The third kappa shape index (κ3) is 3.04. The number of hydrogen-bond donors (Lipinski definition) is 1. The van der Waals surface area contributed by atoms with Gasteiger partial charge in [-0.05, 0) is 14.1 Å². The first-order chi connectivity index (χ1) is 10.1. The van der Waals surface area contributed by atoms with E-state index in [1.807, 2.05) is 36.4 Å². The van der Waals surface area contributed by atoms with Crippen LogP contribution < -0.4 is 5.73 Å². The van der Waals surface area contributed by atoms with Crippen molar-refractivity contribution < 1.29 is 0 Å². The Labute approximate surface area is 125 Å². The average molecular weight is 283 g/mol. The van der Waals surface area contributed by atoms with E-state index in [2.05, 4.69) is 28.9 Å². The minimum atomic E-state index is 0.190. The molecule has 0 amide bonds. The number of nitrogens with zero attached hydrogens (tertiary/aromatic N) is 4. The highest BCUT2D eigenvalue weighted by atomic mass is 15.3. The standard InChI is InChI=1S/C16H21N5/c1-20-8-9-21(2)14(11-20)16-18-13(10-15(17)19-16)12-6-4-3-5-7-12/h3-7,10,14H,8-9,11H2,1-2H3,(H2,17,18,19). The molecule has 1 aromatic carbocycles. The maximum atomic E-state index is 6.00. The van der Waals surface area contributed by atoms with E-state index in [0.29, 0.717) is 5.82 Å². The third-order valence-electron chi connectivity index (χ3n) is 3.98. The Morgan fingerprint density at radius 1 is 1.10 bits per heavy atom. The number of piperazine rings is 1. The van der Waals surface area contributed by atoms with Crippen LogP contribution in [0.4, 0.5) is 5.82 Å². The van der Waals surface area contributed by atoms with Gasteiger partial charge in [0.2, 0.25) is 0 Å². The molecule has 1 fully saturated rings. The first-order valence-electron chi connectivity index (χ1n) is 7.22. The zero-order valence-electron chi connectivity index (χ0n) is 12.5. The van der Waals surface area contributed by atoms with Crippen LogP contribution in [0.15, 0.2) is 36.4 Å². The molecule has 1 aliphatic heterocycles. The molecule has 0 saturated carbocycles. The van der Waals surface area contributed by atoms with Crippen molar-refractivity contribution in [2.24, 2.45) is 0 Å². The smallest absolute Gasteiger partial charge is 0.149 e. The van der Waals surface area contributed by atoms with Gasteiger partial charge in [0, 0.05) is 31.3 Å². The zero-order chi connectivity index (χ0) is 14.8. The van der Waals surface area contributed by atoms with Gasteiger partial charge < -0.3 is 10.6 Å². The Morgan fingerprint density at radius 3 is 2.62 bits per heavy atom. The Hall–Kier alpha value is -1.98. The van der Waals surface area contributed by atoms with Crippen LogP contribution in [0.1, 0.15) is 11.9 Å². The molecule has 2 aromatic rings. The number of aromatic nitrogens is 2. The SMILES string of the molecule is CN1CCN(C)C(c2nc(N)cc(-c3ccccc3)n2)C1. The molecule has 3 rings (SSSR count). The molecule has 110 valence electrons. The second kappa shape index (κ2) is 5.79. The van der Waals surface area contributed by atoms with Gasteiger partial charge in [-0.15, -0.1) is 0 Å². The van der Waals surface area contributed by atoms with Crippen LogP contribution in [0.2, 0.25) is 0 Å². The molecule has 21 heavy (non-hydrogen) atoms. The Bertz CT molecular complexity index is 613. The molecule has 1 aromatic heterocycles. The van der Waals surface area contributed by atoms with E-state index >= 15 is 0 Å². The van der Waals surface area contributed by atoms with Crippen molar-refractivity contribution in [1.82, 2.24) is 19.8 Å². The second-order valence-corrected chi connectivity index (χ2v) is 5.66. The van der Waals surface area contributed by atoms with Gasteiger partial charge in [0.15, 0.2) is 0 Å². The molecule has 2 N–H and O–H groups in total. The van der Waals surface area contributed by atoms with Crippen LogP contribution in [0.5, 0.6) is 0 Å². The van der Waals surface area contributed by atoms with Crippen LogP contribution in [0.25, 0.3) is 11.3 Å². The highest BCUT2D eigenvalue weighted by Crippen LogP contribution is 2.25. The molecule has 0 bridgehead atoms. The molecule has 5 nitrogen and oxygen atoms in total. The molecule has 5 heteroatoms. The maximum Gasteiger partial charge on any atom is 0.149 e. The summed E-state index contributed by atoms with van der Waals surface area (Å²) in [6.07, 6.45) is 0. The molecular formula is C16H21N5. The zero-order valence-corrected chi connectivity index (χ0v) is 12.5. The summed E-state index contributed by atoms with van der Waals surface area (Å²) < 4.78 is 0. The van der Waals surface area contributed by atoms with Crippen molar-refractivity contribution in [3.8, 4) is 11.3 Å². The number of anilines is 1. The summed E-state index contributed by atoms with van der Waals surface area (Å²) in [6.45, 7) is 3.01. The lowest BCUT2D eigenvalue weighted by Crippen LogP contribution is -2.45. The largest absolute Gasteiger partial charge is 0.384 e. The molecule has 1 unspecified atom stereocenters. The summed E-state index contributed by atoms with van der Waals surface area (Å²) in [4.78, 5) is 13.8. The summed E-state index contributed by atoms with van der Waals surface area (Å²) in [7, 11) is 4.25. The first kappa shape index (κ1) is 14.0. The summed E-state index contributed by atoms with van der Waals surface area (Å²) in [5, 5.41) is 0. The molecule has 0 spiro atoms. The molecule has 1 atom stereocenters. The first-order valence-corrected chi connectivity index (χ1v) is 7.22. The van der Waals surface area contributed by atoms with Gasteiger partial charge in [-0.3, -0.25) is 4.90 Å². The van der Waals surface area contributed by atoms with Gasteiger partial charge in [-0.2, -0.15) is 0 Å². The summed E-state index contributed by atoms with van der Waals surface area (Å²) in [6, 6.07) is 12.1. The van der Waals surface area contributed by atoms with Crippen LogP contribution in [0, 0.1) is 0 Å². The van der Waals surface area contributed by atoms with Crippen molar-refractivity contribution in [1.29, 1.82) is 0 Å². The van der Waals surface area contributed by atoms with Gasteiger partial charge in [-0.1, -0.05) is 30.3 Å². The van der Waals surface area contributed by atoms with E-state index < -0.39 is 0 Å². The van der Waals surface area contributed by atoms with Crippen LogP contribution in [-0.4, -0.2) is 53.5 Å². The lowest BCUT2D eigenvalue weighted by atomic mass is 10.1. The fraction of sp³-hybridized carbons (Fsp3) is 0.375. The highest BCUT2D eigenvalue weighted by molar-refractivity contribution is 5.61. The predicted molar refractivity (Wildman–Crippen MR) is 84.7 cm³/mol. The Balaban J connectivity index is 1.98. The number of hydrogen-bond acceptors (Lipinski definition) is 5. The van der Waals surface area contributed by atoms with Gasteiger partial charge in [0.1, 0.15) is 11.6 Å². The number of nitrogens with two attached hydrogens (primary N) is 1. The van der Waals surface area contributed by atoms with E-state index in [9.17, 15) is 0 Å². The average Bonchev–Trinajstić information content (AvgIpc) is 2.50. The molecule has 1 saturated heterocycles. The van der Waals surface area contributed by atoms with E-state index in [1.165, 1.54) is 0 Å². The van der Waals surface area contributed by atoms with E-state index in [4.69, 9.17) is 10.7 Å². The lowest BCUT2D eigenvalue weighted by Gasteiger charge is -2.36. The van der Waals surface area contributed by atoms with Crippen molar-refractivity contribution in [3.05, 3.63) is 42.2 Å². The van der Waals surface area contributed by atoms with Crippen molar-refractivity contribution in [2.45, 2.75) is 6.04 Å². The van der Waals surface area contributed by atoms with Gasteiger partial charge in [-0.25, -0.2) is 9.97 Å². The van der Waals surface area contributed by atoms with Gasteiger partial charge in [0.25, 0.3) is 0 Å². The topological polar surface area (TPSA) is 58.3 Å². The third-order valence-corrected chi connectivity index (χ3v) is 3.98. The normalized spacial score (nSPS) is 20.6. The van der Waals surface area contributed by atoms with E-state index in [0.717, 1.165) is 36.7 Å². The molecule has 0 radical (unpaired) electrons. The lowest BCUT2D eigenvalue weighted by molar-refractivity contribution is 0.110. The van der Waals surface area contributed by atoms with E-state index in [-0.39, 0.29) is 6.04 Å². The fourth-order valence-corrected chi connectivity index (χ4v) is 2.68. The maximum absolute atomic E-state index is 6.00. The van der Waals surface area contributed by atoms with Crippen molar-refractivity contribution >= 4 is 5.82 Å². The molecule has 1 aliphatic rings. The number of nitrogen functional groups attached to an aromatic ring is 1.